The number of fused-ring (bicyclic) bond motifs is 1. The van der Waals surface area contributed by atoms with Crippen LogP contribution in [0.15, 0.2) is 71.9 Å². The Hall–Kier alpha value is -4.43. The Morgan fingerprint density at radius 1 is 1.02 bits per heavy atom. The van der Waals surface area contributed by atoms with E-state index < -0.39 is 29.4 Å². The van der Waals surface area contributed by atoms with Gasteiger partial charge in [-0.2, -0.15) is 13.2 Å². The van der Waals surface area contributed by atoms with E-state index in [0.29, 0.717) is 22.0 Å². The number of halogens is 4. The lowest BCUT2D eigenvalue weighted by molar-refractivity contribution is -0.148. The number of anilines is 2. The van der Waals surface area contributed by atoms with Gasteiger partial charge in [0, 0.05) is 34.7 Å². The predicted molar refractivity (Wildman–Crippen MR) is 160 cm³/mol. The number of thioether (sulfide) groups is 1. The molecule has 0 aliphatic carbocycles. The zero-order valence-corrected chi connectivity index (χ0v) is 24.8. The van der Waals surface area contributed by atoms with Gasteiger partial charge in [0.1, 0.15) is 17.7 Å². The molecule has 0 saturated heterocycles. The second kappa shape index (κ2) is 13.9. The molecule has 44 heavy (non-hydrogen) atoms. The van der Waals surface area contributed by atoms with Gasteiger partial charge < -0.3 is 10.1 Å². The second-order valence-electron chi connectivity index (χ2n) is 9.82. The number of carbonyl (C=O) groups is 3. The van der Waals surface area contributed by atoms with Crippen molar-refractivity contribution >= 4 is 52.1 Å². The molecule has 0 aliphatic heterocycles. The van der Waals surface area contributed by atoms with Gasteiger partial charge in [0.15, 0.2) is 0 Å². The minimum Gasteiger partial charge on any atom is -0.465 e. The zero-order valence-electron chi connectivity index (χ0n) is 23.9. The number of carbonyl (C=O) groups excluding carboxylic acids is 3. The first kappa shape index (κ1) is 32.5. The van der Waals surface area contributed by atoms with E-state index in [9.17, 15) is 31.9 Å². The fraction of sp³-hybridized carbons (Fsp3) is 0.267. The zero-order chi connectivity index (χ0) is 32.0. The molecule has 14 heteroatoms. The van der Waals surface area contributed by atoms with Crippen LogP contribution in [-0.4, -0.2) is 64.6 Å². The summed E-state index contributed by atoms with van der Waals surface area (Å²) in [5.74, 6) is -1.20. The number of amides is 2. The summed E-state index contributed by atoms with van der Waals surface area (Å²) in [5, 5.41) is 5.47. The third kappa shape index (κ3) is 8.35. The Morgan fingerprint density at radius 3 is 2.34 bits per heavy atom. The highest BCUT2D eigenvalue weighted by atomic mass is 32.2. The summed E-state index contributed by atoms with van der Waals surface area (Å²) >= 11 is -0.204. The highest BCUT2D eigenvalue weighted by Crippen LogP contribution is 2.37. The van der Waals surface area contributed by atoms with Crippen molar-refractivity contribution < 1.29 is 36.7 Å². The molecular formula is C30H29F4N5O4S. The van der Waals surface area contributed by atoms with Crippen LogP contribution < -0.4 is 10.6 Å². The maximum atomic E-state index is 14.1. The number of esters is 1. The number of alkyl halides is 3. The Labute approximate surface area is 254 Å². The molecule has 0 spiro atoms. The van der Waals surface area contributed by atoms with E-state index in [0.717, 1.165) is 0 Å². The van der Waals surface area contributed by atoms with Crippen LogP contribution in [0.1, 0.15) is 24.6 Å². The summed E-state index contributed by atoms with van der Waals surface area (Å²) < 4.78 is 58.3. The number of nitrogens with one attached hydrogen (secondary N) is 2. The Morgan fingerprint density at radius 2 is 1.73 bits per heavy atom. The number of pyridine rings is 1. The van der Waals surface area contributed by atoms with E-state index in [-0.39, 0.29) is 53.5 Å². The molecule has 2 heterocycles. The van der Waals surface area contributed by atoms with Crippen molar-refractivity contribution in [3.05, 3.63) is 72.8 Å². The molecule has 0 saturated carbocycles. The summed E-state index contributed by atoms with van der Waals surface area (Å²) in [6, 6.07) is 11.4. The number of benzene rings is 2. The highest BCUT2D eigenvalue weighted by molar-refractivity contribution is 8.00. The summed E-state index contributed by atoms with van der Waals surface area (Å²) in [6.07, 6.45) is 3.01. The van der Waals surface area contributed by atoms with Gasteiger partial charge >= 0.3 is 17.5 Å². The monoisotopic (exact) mass is 631 g/mol. The minimum absolute atomic E-state index is 0.0192. The van der Waals surface area contributed by atoms with Gasteiger partial charge in [0.25, 0.3) is 0 Å². The largest absolute Gasteiger partial charge is 0.465 e. The Balaban J connectivity index is 1.45. The van der Waals surface area contributed by atoms with E-state index in [1.165, 1.54) is 53.4 Å². The average molecular weight is 632 g/mol. The van der Waals surface area contributed by atoms with Gasteiger partial charge in [-0.3, -0.25) is 24.4 Å². The minimum atomic E-state index is -4.38. The number of hydrogen-bond acceptors (Lipinski definition) is 7. The van der Waals surface area contributed by atoms with E-state index in [1.807, 2.05) is 0 Å². The standard InChI is InChI=1S/C30H29F4N5O4S/c1-4-43-28(41)25(38(2)3)12-14-27(40)39-17-23(22-15-20(31)8-11-24(22)39)36-29(42)37-26-13-7-19(16-35-26)18-5-9-21(10-6-18)44-30(32,33)34/h5-11,13,15-17,25H,4,12,14H2,1-3H3,(H2,35,36,37,42). The molecule has 0 bridgehead atoms. The molecule has 0 radical (unpaired) electrons. The molecule has 4 rings (SSSR count). The smallest absolute Gasteiger partial charge is 0.446 e. The van der Waals surface area contributed by atoms with E-state index in [4.69, 9.17) is 4.74 Å². The number of urea groups is 1. The molecule has 9 nitrogen and oxygen atoms in total. The third-order valence-electron chi connectivity index (χ3n) is 6.52. The Kier molecular flexibility index (Phi) is 10.3. The summed E-state index contributed by atoms with van der Waals surface area (Å²) in [6.45, 7) is 1.91. The quantitative estimate of drug-likeness (QED) is 0.110. The molecule has 2 amide bonds. The molecule has 0 fully saturated rings. The van der Waals surface area contributed by atoms with Crippen molar-refractivity contribution in [1.82, 2.24) is 14.5 Å². The van der Waals surface area contributed by atoms with Gasteiger partial charge in [-0.05, 0) is 87.2 Å². The van der Waals surface area contributed by atoms with Crippen molar-refractivity contribution in [2.45, 2.75) is 36.2 Å². The predicted octanol–water partition coefficient (Wildman–Crippen LogP) is 7.01. The van der Waals surface area contributed by atoms with Crippen molar-refractivity contribution in [2.24, 2.45) is 0 Å². The number of likely N-dealkylation sites (N-methyl/N-ethyl adjacent to an activating group) is 1. The average Bonchev–Trinajstić information content (AvgIpc) is 3.30. The molecule has 232 valence electrons. The first-order valence-electron chi connectivity index (χ1n) is 13.4. The SMILES string of the molecule is CCOC(=O)C(CCC(=O)n1cc(NC(=O)Nc2ccc(-c3ccc(SC(F)(F)F)cc3)cn2)c2cc(F)ccc21)N(C)C. The van der Waals surface area contributed by atoms with Crippen LogP contribution in [-0.2, 0) is 9.53 Å². The Bertz CT molecular complexity index is 1640. The summed E-state index contributed by atoms with van der Waals surface area (Å²) in [7, 11) is 3.42. The molecule has 2 aromatic heterocycles. The molecular weight excluding hydrogens is 602 g/mol. The molecule has 1 unspecified atom stereocenters. The molecule has 2 aromatic carbocycles. The van der Waals surface area contributed by atoms with Gasteiger partial charge in [-0.1, -0.05) is 12.1 Å². The van der Waals surface area contributed by atoms with E-state index in [2.05, 4.69) is 15.6 Å². The highest BCUT2D eigenvalue weighted by Gasteiger charge is 2.29. The van der Waals surface area contributed by atoms with Crippen LogP contribution in [0.2, 0.25) is 0 Å². The van der Waals surface area contributed by atoms with Crippen molar-refractivity contribution in [2.75, 3.05) is 31.3 Å². The van der Waals surface area contributed by atoms with Crippen LogP contribution in [0.3, 0.4) is 0 Å². The molecule has 0 aliphatic rings. The van der Waals surface area contributed by atoms with Crippen LogP contribution in [0.4, 0.5) is 33.9 Å². The van der Waals surface area contributed by atoms with Crippen molar-refractivity contribution in [1.29, 1.82) is 0 Å². The fourth-order valence-corrected chi connectivity index (χ4v) is 5.01. The summed E-state index contributed by atoms with van der Waals surface area (Å²) in [5.41, 5.74) is -2.58. The lowest BCUT2D eigenvalue weighted by atomic mass is 10.1. The lowest BCUT2D eigenvalue weighted by Gasteiger charge is -2.22. The van der Waals surface area contributed by atoms with Gasteiger partial charge in [0.2, 0.25) is 5.91 Å². The first-order valence-corrected chi connectivity index (χ1v) is 14.2. The van der Waals surface area contributed by atoms with Crippen molar-refractivity contribution in [3.63, 3.8) is 0 Å². The lowest BCUT2D eigenvalue weighted by Crippen LogP contribution is -2.37. The third-order valence-corrected chi connectivity index (χ3v) is 7.26. The maximum absolute atomic E-state index is 14.1. The van der Waals surface area contributed by atoms with E-state index >= 15 is 0 Å². The fourth-order valence-electron chi connectivity index (χ4n) is 4.47. The van der Waals surface area contributed by atoms with Crippen LogP contribution in [0, 0.1) is 5.82 Å². The topological polar surface area (TPSA) is 106 Å². The van der Waals surface area contributed by atoms with Gasteiger partial charge in [-0.25, -0.2) is 14.2 Å². The van der Waals surface area contributed by atoms with Crippen LogP contribution in [0.25, 0.3) is 22.0 Å². The number of rotatable bonds is 10. The maximum Gasteiger partial charge on any atom is 0.446 e. The second-order valence-corrected chi connectivity index (χ2v) is 11.0. The number of hydrogen-bond donors (Lipinski definition) is 2. The van der Waals surface area contributed by atoms with Crippen LogP contribution >= 0.6 is 11.8 Å². The van der Waals surface area contributed by atoms with E-state index in [1.54, 1.807) is 44.1 Å². The summed E-state index contributed by atoms with van der Waals surface area (Å²) in [4.78, 5) is 44.2. The number of aromatic nitrogens is 2. The molecule has 1 atom stereocenters. The van der Waals surface area contributed by atoms with Crippen LogP contribution in [0.5, 0.6) is 0 Å². The first-order chi connectivity index (χ1) is 20.8. The van der Waals surface area contributed by atoms with Crippen molar-refractivity contribution in [3.8, 4) is 11.1 Å². The molecule has 4 aromatic rings. The number of ether oxygens (including phenoxy) is 1. The molecule has 2 N–H and O–H groups in total. The number of nitrogens with zero attached hydrogens (tertiary/aromatic N) is 3. The normalized spacial score (nSPS) is 12.3. The van der Waals surface area contributed by atoms with Gasteiger partial charge in [0.05, 0.1) is 17.8 Å². The van der Waals surface area contributed by atoms with Gasteiger partial charge in [-0.15, -0.1) is 0 Å².